The molecular formula is C26H27N3O5S. The molecular weight excluding hydrogens is 466 g/mol. The lowest BCUT2D eigenvalue weighted by Crippen LogP contribution is -2.42. The standard InChI is InChI=1S/C26H27N3O5S/c1-16-5-6-17(2)20(13-16)29-25(31)24-19(10-12-35-24)28(26(29)32)15-23(30)27-11-9-18-7-8-21(33-3)22(14-18)34-4/h5-8,10,12-14H,9,11,15H2,1-4H3,(H,27,30). The summed E-state index contributed by atoms with van der Waals surface area (Å²) in [5.41, 5.74) is 2.78. The van der Waals surface area contributed by atoms with E-state index in [9.17, 15) is 14.4 Å². The molecule has 2 aromatic carbocycles. The Bertz CT molecular complexity index is 1520. The fourth-order valence-electron chi connectivity index (χ4n) is 3.99. The summed E-state index contributed by atoms with van der Waals surface area (Å²) >= 11 is 1.26. The average molecular weight is 494 g/mol. The van der Waals surface area contributed by atoms with Crippen LogP contribution in [0.5, 0.6) is 11.5 Å². The van der Waals surface area contributed by atoms with Gasteiger partial charge in [0.05, 0.1) is 25.4 Å². The first-order chi connectivity index (χ1) is 16.8. The summed E-state index contributed by atoms with van der Waals surface area (Å²) in [5, 5.41) is 4.62. The van der Waals surface area contributed by atoms with Gasteiger partial charge in [0, 0.05) is 6.54 Å². The molecule has 1 amide bonds. The van der Waals surface area contributed by atoms with Crippen LogP contribution in [0, 0.1) is 13.8 Å². The second kappa shape index (κ2) is 10.2. The van der Waals surface area contributed by atoms with Crippen LogP contribution in [0.2, 0.25) is 0 Å². The van der Waals surface area contributed by atoms with Gasteiger partial charge in [-0.25, -0.2) is 9.36 Å². The molecule has 0 fully saturated rings. The molecule has 0 aliphatic carbocycles. The second-order valence-electron chi connectivity index (χ2n) is 8.22. The molecule has 0 bridgehead atoms. The van der Waals surface area contributed by atoms with E-state index in [0.717, 1.165) is 21.3 Å². The maximum Gasteiger partial charge on any atom is 0.336 e. The SMILES string of the molecule is COc1ccc(CCNC(=O)Cn2c(=O)n(-c3cc(C)ccc3C)c(=O)c3sccc32)cc1OC. The number of rotatable bonds is 8. The summed E-state index contributed by atoms with van der Waals surface area (Å²) in [4.78, 5) is 39.4. The number of ether oxygens (including phenoxy) is 2. The minimum atomic E-state index is -0.537. The molecule has 0 radical (unpaired) electrons. The molecule has 0 saturated heterocycles. The van der Waals surface area contributed by atoms with Crippen molar-refractivity contribution >= 4 is 27.5 Å². The Morgan fingerprint density at radius 1 is 1.00 bits per heavy atom. The van der Waals surface area contributed by atoms with Gasteiger partial charge in [-0.1, -0.05) is 18.2 Å². The second-order valence-corrected chi connectivity index (χ2v) is 9.14. The largest absolute Gasteiger partial charge is 0.493 e. The lowest BCUT2D eigenvalue weighted by atomic mass is 10.1. The Kier molecular flexibility index (Phi) is 7.07. The van der Waals surface area contributed by atoms with E-state index in [1.165, 1.54) is 15.9 Å². The van der Waals surface area contributed by atoms with Crippen molar-refractivity contribution in [3.63, 3.8) is 0 Å². The van der Waals surface area contributed by atoms with Gasteiger partial charge in [0.15, 0.2) is 11.5 Å². The van der Waals surface area contributed by atoms with E-state index in [4.69, 9.17) is 9.47 Å². The molecule has 8 nitrogen and oxygen atoms in total. The number of hydrogen-bond acceptors (Lipinski definition) is 6. The van der Waals surface area contributed by atoms with Crippen LogP contribution in [0.4, 0.5) is 0 Å². The van der Waals surface area contributed by atoms with Crippen LogP contribution < -0.4 is 26.0 Å². The molecule has 1 N–H and O–H groups in total. The van der Waals surface area contributed by atoms with Gasteiger partial charge < -0.3 is 14.8 Å². The molecule has 0 spiro atoms. The number of nitrogens with zero attached hydrogens (tertiary/aromatic N) is 2. The van der Waals surface area contributed by atoms with Gasteiger partial charge in [-0.2, -0.15) is 0 Å². The minimum Gasteiger partial charge on any atom is -0.493 e. The smallest absolute Gasteiger partial charge is 0.336 e. The monoisotopic (exact) mass is 493 g/mol. The average Bonchev–Trinajstić information content (AvgIpc) is 3.34. The number of aromatic nitrogens is 2. The van der Waals surface area contributed by atoms with Crippen molar-refractivity contribution in [3.8, 4) is 17.2 Å². The summed E-state index contributed by atoms with van der Waals surface area (Å²) in [5.74, 6) is 0.945. The predicted octanol–water partition coefficient (Wildman–Crippen LogP) is 3.21. The summed E-state index contributed by atoms with van der Waals surface area (Å²) < 4.78 is 13.5. The lowest BCUT2D eigenvalue weighted by molar-refractivity contribution is -0.121. The van der Waals surface area contributed by atoms with Crippen molar-refractivity contribution in [3.05, 3.63) is 85.4 Å². The third-order valence-electron chi connectivity index (χ3n) is 5.85. The molecule has 2 heterocycles. The van der Waals surface area contributed by atoms with Crippen LogP contribution in [-0.4, -0.2) is 35.8 Å². The normalized spacial score (nSPS) is 11.0. The number of methoxy groups -OCH3 is 2. The van der Waals surface area contributed by atoms with Crippen LogP contribution in [-0.2, 0) is 17.8 Å². The number of fused-ring (bicyclic) bond motifs is 1. The van der Waals surface area contributed by atoms with Crippen molar-refractivity contribution in [2.45, 2.75) is 26.8 Å². The molecule has 0 atom stereocenters. The Labute approximate surface area is 206 Å². The van der Waals surface area contributed by atoms with Gasteiger partial charge >= 0.3 is 5.69 Å². The maximum atomic E-state index is 13.5. The first-order valence-electron chi connectivity index (χ1n) is 11.1. The molecule has 0 aliphatic heterocycles. The predicted molar refractivity (Wildman–Crippen MR) is 137 cm³/mol. The van der Waals surface area contributed by atoms with E-state index < -0.39 is 5.69 Å². The zero-order chi connectivity index (χ0) is 25.1. The number of aryl methyl sites for hydroxylation is 2. The molecule has 2 aromatic heterocycles. The quantitative estimate of drug-likeness (QED) is 0.407. The summed E-state index contributed by atoms with van der Waals surface area (Å²) in [6, 6.07) is 12.9. The van der Waals surface area contributed by atoms with Crippen molar-refractivity contribution in [2.24, 2.45) is 0 Å². The van der Waals surface area contributed by atoms with Crippen LogP contribution in [0.3, 0.4) is 0 Å². The van der Waals surface area contributed by atoms with Gasteiger partial charge in [-0.05, 0) is 66.6 Å². The number of carbonyl (C=O) groups excluding carboxylic acids is 1. The molecule has 0 unspecified atom stereocenters. The molecule has 182 valence electrons. The summed E-state index contributed by atoms with van der Waals surface area (Å²) in [6.07, 6.45) is 0.580. The Morgan fingerprint density at radius 3 is 2.51 bits per heavy atom. The third kappa shape index (κ3) is 4.85. The van der Waals surface area contributed by atoms with E-state index in [1.54, 1.807) is 25.7 Å². The maximum absolute atomic E-state index is 13.5. The van der Waals surface area contributed by atoms with Gasteiger partial charge in [-0.3, -0.25) is 14.2 Å². The molecule has 0 saturated carbocycles. The first kappa shape index (κ1) is 24.3. The van der Waals surface area contributed by atoms with Crippen LogP contribution in [0.1, 0.15) is 16.7 Å². The highest BCUT2D eigenvalue weighted by molar-refractivity contribution is 7.17. The van der Waals surface area contributed by atoms with Crippen molar-refractivity contribution < 1.29 is 14.3 Å². The topological polar surface area (TPSA) is 91.6 Å². The highest BCUT2D eigenvalue weighted by atomic mass is 32.1. The number of benzene rings is 2. The molecule has 9 heteroatoms. The van der Waals surface area contributed by atoms with Gasteiger partial charge in [0.25, 0.3) is 5.56 Å². The first-order valence-corrected chi connectivity index (χ1v) is 12.0. The minimum absolute atomic E-state index is 0.191. The lowest BCUT2D eigenvalue weighted by Gasteiger charge is -2.14. The summed E-state index contributed by atoms with van der Waals surface area (Å²) in [7, 11) is 3.15. The van der Waals surface area contributed by atoms with E-state index in [2.05, 4.69) is 5.32 Å². The fraction of sp³-hybridized carbons (Fsp3) is 0.269. The number of thiophene rings is 1. The van der Waals surface area contributed by atoms with E-state index in [-0.39, 0.29) is 18.0 Å². The highest BCUT2D eigenvalue weighted by Crippen LogP contribution is 2.27. The van der Waals surface area contributed by atoms with E-state index in [1.807, 2.05) is 50.2 Å². The van der Waals surface area contributed by atoms with Crippen molar-refractivity contribution in [1.29, 1.82) is 0 Å². The zero-order valence-electron chi connectivity index (χ0n) is 20.1. The number of carbonyl (C=O) groups is 1. The van der Waals surface area contributed by atoms with Crippen molar-refractivity contribution in [2.75, 3.05) is 20.8 Å². The Balaban J connectivity index is 1.58. The number of amides is 1. The number of hydrogen-bond donors (Lipinski definition) is 1. The van der Waals surface area contributed by atoms with Gasteiger partial charge in [-0.15, -0.1) is 11.3 Å². The Morgan fingerprint density at radius 2 is 1.77 bits per heavy atom. The van der Waals surface area contributed by atoms with Crippen LogP contribution in [0.25, 0.3) is 15.9 Å². The van der Waals surface area contributed by atoms with E-state index in [0.29, 0.717) is 40.4 Å². The van der Waals surface area contributed by atoms with Gasteiger partial charge in [0.2, 0.25) is 5.91 Å². The fourth-order valence-corrected chi connectivity index (χ4v) is 4.82. The molecule has 35 heavy (non-hydrogen) atoms. The molecule has 0 aliphatic rings. The number of nitrogens with one attached hydrogen (secondary N) is 1. The third-order valence-corrected chi connectivity index (χ3v) is 6.74. The van der Waals surface area contributed by atoms with Crippen LogP contribution >= 0.6 is 11.3 Å². The molecule has 4 rings (SSSR count). The molecule has 4 aromatic rings. The summed E-state index contributed by atoms with van der Waals surface area (Å²) in [6.45, 7) is 3.95. The zero-order valence-corrected chi connectivity index (χ0v) is 20.9. The van der Waals surface area contributed by atoms with Crippen molar-refractivity contribution in [1.82, 2.24) is 14.5 Å². The van der Waals surface area contributed by atoms with E-state index >= 15 is 0 Å². The highest BCUT2D eigenvalue weighted by Gasteiger charge is 2.18. The van der Waals surface area contributed by atoms with Crippen LogP contribution in [0.15, 0.2) is 57.4 Å². The Hall–Kier alpha value is -3.85. The van der Waals surface area contributed by atoms with Gasteiger partial charge in [0.1, 0.15) is 11.2 Å².